The smallest absolute Gasteiger partial charge is 0.248 e. The van der Waals surface area contributed by atoms with Crippen LogP contribution in [0, 0.1) is 6.92 Å². The van der Waals surface area contributed by atoms with Crippen molar-refractivity contribution in [1.29, 1.82) is 0 Å². The maximum atomic E-state index is 13.0. The van der Waals surface area contributed by atoms with Gasteiger partial charge in [-0.15, -0.1) is 0 Å². The zero-order chi connectivity index (χ0) is 11.1. The molecular formula is C10H15F2N3. The van der Waals surface area contributed by atoms with Gasteiger partial charge in [0.2, 0.25) is 5.92 Å². The molecule has 1 fully saturated rings. The van der Waals surface area contributed by atoms with Crippen molar-refractivity contribution in [3.63, 3.8) is 0 Å². The highest BCUT2D eigenvalue weighted by molar-refractivity contribution is 4.99. The normalized spacial score (nSPS) is 24.0. The van der Waals surface area contributed by atoms with E-state index in [1.54, 1.807) is 10.9 Å². The Hall–Kier alpha value is -0.970. The second kappa shape index (κ2) is 3.27. The third kappa shape index (κ3) is 2.02. The van der Waals surface area contributed by atoms with E-state index in [4.69, 9.17) is 5.73 Å². The summed E-state index contributed by atoms with van der Waals surface area (Å²) in [5.74, 6) is -2.54. The Morgan fingerprint density at radius 3 is 2.40 bits per heavy atom. The summed E-state index contributed by atoms with van der Waals surface area (Å²) >= 11 is 0. The number of halogens is 2. The van der Waals surface area contributed by atoms with E-state index in [0.717, 1.165) is 5.69 Å². The Bertz CT molecular complexity index is 349. The molecule has 1 aliphatic carbocycles. The first-order valence-corrected chi connectivity index (χ1v) is 5.09. The average molecular weight is 215 g/mol. The maximum Gasteiger partial charge on any atom is 0.248 e. The largest absolute Gasteiger partial charge is 0.319 e. The molecule has 0 aromatic carbocycles. The quantitative estimate of drug-likeness (QED) is 0.778. The zero-order valence-electron chi connectivity index (χ0n) is 8.71. The molecule has 0 spiro atoms. The van der Waals surface area contributed by atoms with E-state index < -0.39 is 11.6 Å². The number of aryl methyl sites for hydroxylation is 1. The fraction of sp³-hybridized carbons (Fsp3) is 0.700. The van der Waals surface area contributed by atoms with Crippen molar-refractivity contribution in [3.8, 4) is 0 Å². The summed E-state index contributed by atoms with van der Waals surface area (Å²) in [4.78, 5) is 4.07. The van der Waals surface area contributed by atoms with Gasteiger partial charge in [-0.3, -0.25) is 0 Å². The van der Waals surface area contributed by atoms with E-state index >= 15 is 0 Å². The van der Waals surface area contributed by atoms with Crippen LogP contribution in [0.1, 0.15) is 31.4 Å². The minimum Gasteiger partial charge on any atom is -0.319 e. The van der Waals surface area contributed by atoms with E-state index in [1.165, 1.54) is 0 Å². The van der Waals surface area contributed by atoms with Gasteiger partial charge in [-0.2, -0.15) is 0 Å². The topological polar surface area (TPSA) is 43.8 Å². The van der Waals surface area contributed by atoms with Crippen LogP contribution in [-0.2, 0) is 5.66 Å². The van der Waals surface area contributed by atoms with Gasteiger partial charge in [-0.1, -0.05) is 0 Å². The van der Waals surface area contributed by atoms with Gasteiger partial charge in [-0.25, -0.2) is 13.8 Å². The Balaban J connectivity index is 2.16. The number of rotatable bonds is 1. The molecular weight excluding hydrogens is 200 g/mol. The van der Waals surface area contributed by atoms with Gasteiger partial charge < -0.3 is 10.3 Å². The highest BCUT2D eigenvalue weighted by Gasteiger charge is 2.42. The van der Waals surface area contributed by atoms with Gasteiger partial charge >= 0.3 is 0 Å². The number of alkyl halides is 2. The van der Waals surface area contributed by atoms with Crippen LogP contribution in [0.4, 0.5) is 8.78 Å². The molecule has 0 bridgehead atoms. The number of imidazole rings is 1. The van der Waals surface area contributed by atoms with Crippen molar-refractivity contribution in [2.45, 2.75) is 44.2 Å². The van der Waals surface area contributed by atoms with Crippen molar-refractivity contribution >= 4 is 0 Å². The van der Waals surface area contributed by atoms with Gasteiger partial charge in [0, 0.05) is 19.0 Å². The van der Waals surface area contributed by atoms with E-state index in [-0.39, 0.29) is 12.8 Å². The molecule has 5 heteroatoms. The molecule has 0 atom stereocenters. The summed E-state index contributed by atoms with van der Waals surface area (Å²) in [5.41, 5.74) is 6.29. The number of hydrogen-bond acceptors (Lipinski definition) is 2. The molecule has 0 aliphatic heterocycles. The maximum absolute atomic E-state index is 13.0. The second-order valence-corrected chi connectivity index (χ2v) is 4.38. The molecule has 15 heavy (non-hydrogen) atoms. The molecule has 2 rings (SSSR count). The lowest BCUT2D eigenvalue weighted by Gasteiger charge is -2.37. The molecule has 2 N–H and O–H groups in total. The second-order valence-electron chi connectivity index (χ2n) is 4.38. The Kier molecular flexibility index (Phi) is 2.30. The fourth-order valence-corrected chi connectivity index (χ4v) is 1.97. The summed E-state index contributed by atoms with van der Waals surface area (Å²) in [6.45, 7) is 1.86. The molecule has 0 radical (unpaired) electrons. The molecule has 1 aromatic rings. The van der Waals surface area contributed by atoms with Crippen molar-refractivity contribution in [2.75, 3.05) is 0 Å². The van der Waals surface area contributed by atoms with Crippen molar-refractivity contribution in [3.05, 3.63) is 18.2 Å². The average Bonchev–Trinajstić information content (AvgIpc) is 2.59. The van der Waals surface area contributed by atoms with Crippen LogP contribution in [0.2, 0.25) is 0 Å². The van der Waals surface area contributed by atoms with Crippen LogP contribution in [0.15, 0.2) is 12.5 Å². The number of nitrogens with zero attached hydrogens (tertiary/aromatic N) is 2. The van der Waals surface area contributed by atoms with Crippen LogP contribution in [0.25, 0.3) is 0 Å². The number of hydrogen-bond donors (Lipinski definition) is 1. The molecule has 1 heterocycles. The molecule has 84 valence electrons. The Morgan fingerprint density at radius 2 is 1.93 bits per heavy atom. The monoisotopic (exact) mass is 215 g/mol. The summed E-state index contributed by atoms with van der Waals surface area (Å²) in [5, 5.41) is 0. The molecule has 1 saturated carbocycles. The van der Waals surface area contributed by atoms with Crippen LogP contribution in [0.3, 0.4) is 0 Å². The van der Waals surface area contributed by atoms with Crippen molar-refractivity contribution in [2.24, 2.45) is 5.73 Å². The van der Waals surface area contributed by atoms with E-state index in [1.807, 2.05) is 13.1 Å². The van der Waals surface area contributed by atoms with Gasteiger partial charge in [0.15, 0.2) is 0 Å². The van der Waals surface area contributed by atoms with Crippen LogP contribution in [0.5, 0.6) is 0 Å². The number of nitrogens with two attached hydrogens (primary N) is 1. The first kappa shape index (κ1) is 10.5. The predicted molar refractivity (Wildman–Crippen MR) is 52.5 cm³/mol. The summed E-state index contributed by atoms with van der Waals surface area (Å²) < 4.78 is 27.7. The molecule has 1 aromatic heterocycles. The third-order valence-corrected chi connectivity index (χ3v) is 3.07. The van der Waals surface area contributed by atoms with E-state index in [2.05, 4.69) is 4.98 Å². The third-order valence-electron chi connectivity index (χ3n) is 3.07. The van der Waals surface area contributed by atoms with Crippen LogP contribution >= 0.6 is 0 Å². The van der Waals surface area contributed by atoms with E-state index in [0.29, 0.717) is 12.8 Å². The molecule has 0 amide bonds. The van der Waals surface area contributed by atoms with Gasteiger partial charge in [0.05, 0.1) is 17.7 Å². The van der Waals surface area contributed by atoms with Crippen molar-refractivity contribution < 1.29 is 8.78 Å². The summed E-state index contributed by atoms with van der Waals surface area (Å²) in [6, 6.07) is 0. The van der Waals surface area contributed by atoms with Gasteiger partial charge in [0.25, 0.3) is 0 Å². The predicted octanol–water partition coefficient (Wildman–Crippen LogP) is 2.01. The lowest BCUT2D eigenvalue weighted by Crippen LogP contribution is -2.47. The highest BCUT2D eigenvalue weighted by Crippen LogP contribution is 2.39. The molecule has 1 aliphatic rings. The zero-order valence-corrected chi connectivity index (χ0v) is 8.71. The first-order chi connectivity index (χ1) is 6.91. The fourth-order valence-electron chi connectivity index (χ4n) is 1.97. The SMILES string of the molecule is Cc1cn(C2(N)CCC(F)(F)CC2)cn1. The van der Waals surface area contributed by atoms with Crippen LogP contribution in [-0.4, -0.2) is 15.5 Å². The minimum atomic E-state index is -2.54. The number of aromatic nitrogens is 2. The van der Waals surface area contributed by atoms with Gasteiger partial charge in [0.1, 0.15) is 0 Å². The minimum absolute atomic E-state index is 0.138. The van der Waals surface area contributed by atoms with E-state index in [9.17, 15) is 8.78 Å². The lowest BCUT2D eigenvalue weighted by molar-refractivity contribution is -0.0627. The van der Waals surface area contributed by atoms with Crippen molar-refractivity contribution in [1.82, 2.24) is 9.55 Å². The summed E-state index contributed by atoms with van der Waals surface area (Å²) in [6.07, 6.45) is 3.76. The lowest BCUT2D eigenvalue weighted by atomic mass is 9.87. The Morgan fingerprint density at radius 1 is 1.33 bits per heavy atom. The van der Waals surface area contributed by atoms with Crippen LogP contribution < -0.4 is 5.73 Å². The standard InChI is InChI=1S/C10H15F2N3/c1-8-6-15(7-14-8)10(13)4-2-9(11,12)3-5-10/h6-7H,2-5,13H2,1H3. The molecule has 0 unspecified atom stereocenters. The van der Waals surface area contributed by atoms with Gasteiger partial charge in [-0.05, 0) is 19.8 Å². The highest BCUT2D eigenvalue weighted by atomic mass is 19.3. The first-order valence-electron chi connectivity index (χ1n) is 5.09. The molecule has 3 nitrogen and oxygen atoms in total. The summed E-state index contributed by atoms with van der Waals surface area (Å²) in [7, 11) is 0. The molecule has 0 saturated heterocycles. The Labute approximate surface area is 87.3 Å².